The fourth-order valence-corrected chi connectivity index (χ4v) is 1.81. The van der Waals surface area contributed by atoms with Gasteiger partial charge in [0, 0.05) is 12.6 Å². The molecule has 0 aliphatic carbocycles. The minimum absolute atomic E-state index is 0.0146. The SMILES string of the molecule is Cc1cc(NC(=O)[C@@H]2CNC[C@H]2C)no1. The average Bonchev–Trinajstić information content (AvgIpc) is 2.75. The number of aryl methyl sites for hydroxylation is 1. The molecule has 1 aliphatic heterocycles. The molecule has 0 aromatic carbocycles. The van der Waals surface area contributed by atoms with Crippen LogP contribution in [0.25, 0.3) is 0 Å². The Hall–Kier alpha value is -1.36. The van der Waals surface area contributed by atoms with Crippen LogP contribution < -0.4 is 10.6 Å². The van der Waals surface area contributed by atoms with E-state index >= 15 is 0 Å². The molecule has 1 amide bonds. The molecule has 0 bridgehead atoms. The smallest absolute Gasteiger partial charge is 0.230 e. The Morgan fingerprint density at radius 3 is 3.00 bits per heavy atom. The maximum atomic E-state index is 11.8. The monoisotopic (exact) mass is 209 g/mol. The topological polar surface area (TPSA) is 67.2 Å². The van der Waals surface area contributed by atoms with Crippen LogP contribution >= 0.6 is 0 Å². The fourth-order valence-electron chi connectivity index (χ4n) is 1.81. The minimum Gasteiger partial charge on any atom is -0.360 e. The van der Waals surface area contributed by atoms with Crippen molar-refractivity contribution >= 4 is 11.7 Å². The van der Waals surface area contributed by atoms with Crippen molar-refractivity contribution in [2.45, 2.75) is 13.8 Å². The van der Waals surface area contributed by atoms with E-state index in [0.29, 0.717) is 17.5 Å². The van der Waals surface area contributed by atoms with Gasteiger partial charge in [0.1, 0.15) is 5.76 Å². The fraction of sp³-hybridized carbons (Fsp3) is 0.600. The van der Waals surface area contributed by atoms with E-state index in [1.165, 1.54) is 0 Å². The van der Waals surface area contributed by atoms with Gasteiger partial charge in [0.15, 0.2) is 5.82 Å². The number of carbonyl (C=O) groups excluding carboxylic acids is 1. The summed E-state index contributed by atoms with van der Waals surface area (Å²) in [5, 5.41) is 9.67. The predicted molar refractivity (Wildman–Crippen MR) is 55.4 cm³/mol. The van der Waals surface area contributed by atoms with Gasteiger partial charge >= 0.3 is 0 Å². The first-order valence-electron chi connectivity index (χ1n) is 5.11. The highest BCUT2D eigenvalue weighted by Gasteiger charge is 2.29. The number of nitrogens with one attached hydrogen (secondary N) is 2. The van der Waals surface area contributed by atoms with Gasteiger partial charge in [0.05, 0.1) is 5.92 Å². The normalized spacial score (nSPS) is 25.5. The van der Waals surface area contributed by atoms with Gasteiger partial charge < -0.3 is 15.2 Å². The van der Waals surface area contributed by atoms with E-state index in [4.69, 9.17) is 4.52 Å². The summed E-state index contributed by atoms with van der Waals surface area (Å²) in [5.74, 6) is 1.61. The van der Waals surface area contributed by atoms with Crippen molar-refractivity contribution in [2.24, 2.45) is 11.8 Å². The van der Waals surface area contributed by atoms with Crippen LogP contribution in [0.2, 0.25) is 0 Å². The van der Waals surface area contributed by atoms with Crippen LogP contribution in [-0.2, 0) is 4.79 Å². The summed E-state index contributed by atoms with van der Waals surface area (Å²) >= 11 is 0. The van der Waals surface area contributed by atoms with Crippen molar-refractivity contribution in [3.63, 3.8) is 0 Å². The maximum absolute atomic E-state index is 11.8. The van der Waals surface area contributed by atoms with Crippen LogP contribution in [0.1, 0.15) is 12.7 Å². The maximum Gasteiger partial charge on any atom is 0.230 e. The molecule has 2 rings (SSSR count). The van der Waals surface area contributed by atoms with E-state index in [0.717, 1.165) is 13.1 Å². The second kappa shape index (κ2) is 4.02. The van der Waals surface area contributed by atoms with Crippen LogP contribution in [0.15, 0.2) is 10.6 Å². The van der Waals surface area contributed by atoms with Crippen molar-refractivity contribution in [3.05, 3.63) is 11.8 Å². The summed E-state index contributed by atoms with van der Waals surface area (Å²) in [6.07, 6.45) is 0. The van der Waals surface area contributed by atoms with Crippen LogP contribution in [0.4, 0.5) is 5.82 Å². The molecule has 1 aromatic rings. The van der Waals surface area contributed by atoms with Gasteiger partial charge in [-0.1, -0.05) is 12.1 Å². The van der Waals surface area contributed by atoms with E-state index in [9.17, 15) is 4.79 Å². The van der Waals surface area contributed by atoms with Crippen molar-refractivity contribution < 1.29 is 9.32 Å². The van der Waals surface area contributed by atoms with E-state index in [1.54, 1.807) is 13.0 Å². The highest BCUT2D eigenvalue weighted by molar-refractivity contribution is 5.92. The molecular formula is C10H15N3O2. The Morgan fingerprint density at radius 1 is 1.67 bits per heavy atom. The van der Waals surface area contributed by atoms with E-state index in [1.807, 2.05) is 0 Å². The molecule has 5 nitrogen and oxygen atoms in total. The molecule has 2 atom stereocenters. The molecule has 0 saturated carbocycles. The second-order valence-corrected chi connectivity index (χ2v) is 4.05. The molecule has 5 heteroatoms. The predicted octanol–water partition coefficient (Wildman–Crippen LogP) is 0.777. The van der Waals surface area contributed by atoms with Gasteiger partial charge in [-0.15, -0.1) is 0 Å². The lowest BCUT2D eigenvalue weighted by atomic mass is 9.97. The van der Waals surface area contributed by atoms with Gasteiger partial charge in [0.2, 0.25) is 5.91 Å². The van der Waals surface area contributed by atoms with Crippen molar-refractivity contribution in [1.29, 1.82) is 0 Å². The van der Waals surface area contributed by atoms with Gasteiger partial charge in [0.25, 0.3) is 0 Å². The average molecular weight is 209 g/mol. The van der Waals surface area contributed by atoms with Crippen molar-refractivity contribution in [1.82, 2.24) is 10.5 Å². The molecule has 1 aliphatic rings. The highest BCUT2D eigenvalue weighted by atomic mass is 16.5. The van der Waals surface area contributed by atoms with Gasteiger partial charge in [-0.3, -0.25) is 4.79 Å². The molecular weight excluding hydrogens is 194 g/mol. The van der Waals surface area contributed by atoms with Crippen LogP contribution in [0.3, 0.4) is 0 Å². The number of amides is 1. The molecule has 1 fully saturated rings. The first-order chi connectivity index (χ1) is 7.16. The Labute approximate surface area is 88.2 Å². The number of hydrogen-bond acceptors (Lipinski definition) is 4. The lowest BCUT2D eigenvalue weighted by Crippen LogP contribution is -2.27. The summed E-state index contributed by atoms with van der Waals surface area (Å²) in [6.45, 7) is 5.50. The molecule has 0 unspecified atom stereocenters. The third-order valence-electron chi connectivity index (χ3n) is 2.73. The molecule has 2 N–H and O–H groups in total. The summed E-state index contributed by atoms with van der Waals surface area (Å²) in [7, 11) is 0. The molecule has 82 valence electrons. The zero-order chi connectivity index (χ0) is 10.8. The van der Waals surface area contributed by atoms with Crippen molar-refractivity contribution in [3.8, 4) is 0 Å². The van der Waals surface area contributed by atoms with Gasteiger partial charge in [-0.25, -0.2) is 0 Å². The molecule has 2 heterocycles. The minimum atomic E-state index is 0.0146. The first kappa shape index (κ1) is 10.2. The van der Waals surface area contributed by atoms with Crippen LogP contribution in [-0.4, -0.2) is 24.2 Å². The quantitative estimate of drug-likeness (QED) is 0.755. The summed E-state index contributed by atoms with van der Waals surface area (Å²) < 4.78 is 4.87. The summed E-state index contributed by atoms with van der Waals surface area (Å²) in [5.41, 5.74) is 0. The zero-order valence-electron chi connectivity index (χ0n) is 8.91. The summed E-state index contributed by atoms with van der Waals surface area (Å²) in [6, 6.07) is 1.71. The number of rotatable bonds is 2. The number of nitrogens with zero attached hydrogens (tertiary/aromatic N) is 1. The highest BCUT2D eigenvalue weighted by Crippen LogP contribution is 2.18. The largest absolute Gasteiger partial charge is 0.360 e. The van der Waals surface area contributed by atoms with Gasteiger partial charge in [-0.2, -0.15) is 0 Å². The lowest BCUT2D eigenvalue weighted by molar-refractivity contribution is -0.120. The third kappa shape index (κ3) is 2.18. The Bertz CT molecular complexity index is 361. The Balaban J connectivity index is 1.97. The molecule has 1 saturated heterocycles. The lowest BCUT2D eigenvalue weighted by Gasteiger charge is -2.12. The molecule has 0 spiro atoms. The standard InChI is InChI=1S/C10H15N3O2/c1-6-4-11-5-8(6)10(14)12-9-3-7(2)15-13-9/h3,6,8,11H,4-5H2,1-2H3,(H,12,13,14)/t6-,8-/m1/s1. The van der Waals surface area contributed by atoms with E-state index in [2.05, 4.69) is 22.7 Å². The van der Waals surface area contributed by atoms with Gasteiger partial charge in [-0.05, 0) is 19.4 Å². The summed E-state index contributed by atoms with van der Waals surface area (Å²) in [4.78, 5) is 11.8. The second-order valence-electron chi connectivity index (χ2n) is 4.05. The zero-order valence-corrected chi connectivity index (χ0v) is 8.91. The number of carbonyl (C=O) groups is 1. The van der Waals surface area contributed by atoms with E-state index < -0.39 is 0 Å². The molecule has 0 radical (unpaired) electrons. The first-order valence-corrected chi connectivity index (χ1v) is 5.11. The van der Waals surface area contributed by atoms with E-state index in [-0.39, 0.29) is 11.8 Å². The molecule has 1 aromatic heterocycles. The third-order valence-corrected chi connectivity index (χ3v) is 2.73. The Kier molecular flexibility index (Phi) is 2.73. The van der Waals surface area contributed by atoms with Crippen LogP contribution in [0, 0.1) is 18.8 Å². The van der Waals surface area contributed by atoms with Crippen LogP contribution in [0.5, 0.6) is 0 Å². The van der Waals surface area contributed by atoms with Crippen molar-refractivity contribution in [2.75, 3.05) is 18.4 Å². The Morgan fingerprint density at radius 2 is 2.47 bits per heavy atom. The molecule has 15 heavy (non-hydrogen) atoms. The number of hydrogen-bond donors (Lipinski definition) is 2. The number of aromatic nitrogens is 1. The number of anilines is 1.